The van der Waals surface area contributed by atoms with Crippen LogP contribution in [0.4, 0.5) is 10.2 Å². The van der Waals surface area contributed by atoms with Crippen LogP contribution >= 0.6 is 11.6 Å². The van der Waals surface area contributed by atoms with E-state index in [0.29, 0.717) is 52.4 Å². The molecule has 0 radical (unpaired) electrons. The lowest BCUT2D eigenvalue weighted by Gasteiger charge is -2.44. The maximum absolute atomic E-state index is 15.2. The van der Waals surface area contributed by atoms with Crippen LogP contribution in [0.3, 0.4) is 0 Å². The number of carbonyl (C=O) groups excluding carboxylic acids is 1. The fourth-order valence-electron chi connectivity index (χ4n) is 6.27. The van der Waals surface area contributed by atoms with Gasteiger partial charge >= 0.3 is 5.69 Å². The molecule has 11 nitrogen and oxygen atoms in total. The number of hydrogen-bond acceptors (Lipinski definition) is 8. The Bertz CT molecular complexity index is 2100. The van der Waals surface area contributed by atoms with Crippen molar-refractivity contribution in [2.24, 2.45) is 7.05 Å². The Morgan fingerprint density at radius 1 is 1.15 bits per heavy atom. The minimum atomic E-state index is -0.724. The SMILES string of the molecule is C=CC(=O)N1C[C@H](C)N(c2nc(=O)n(-c3c(C(C)C)nc4c(ncn4C)c3C)c3nc(-c4c(O)cccc4F)c(Cl)cc23)C[C@H]1C. The van der Waals surface area contributed by atoms with Gasteiger partial charge in [-0.1, -0.05) is 38.1 Å². The summed E-state index contributed by atoms with van der Waals surface area (Å²) in [7, 11) is 1.85. The Balaban J connectivity index is 1.70. The zero-order chi connectivity index (χ0) is 33.2. The van der Waals surface area contributed by atoms with Crippen molar-refractivity contribution in [2.45, 2.75) is 52.6 Å². The monoisotopic (exact) mass is 644 g/mol. The van der Waals surface area contributed by atoms with Crippen molar-refractivity contribution in [3.8, 4) is 22.7 Å². The minimum Gasteiger partial charge on any atom is -0.507 e. The summed E-state index contributed by atoms with van der Waals surface area (Å²) in [5.74, 6) is -1.04. The smallest absolute Gasteiger partial charge is 0.355 e. The zero-order valence-electron chi connectivity index (χ0n) is 26.4. The van der Waals surface area contributed by atoms with Gasteiger partial charge in [-0.3, -0.25) is 4.79 Å². The second kappa shape index (κ2) is 11.5. The first-order valence-corrected chi connectivity index (χ1v) is 15.3. The van der Waals surface area contributed by atoms with Crippen molar-refractivity contribution >= 4 is 45.5 Å². The highest BCUT2D eigenvalue weighted by atomic mass is 35.5. The highest BCUT2D eigenvalue weighted by Crippen LogP contribution is 2.40. The summed E-state index contributed by atoms with van der Waals surface area (Å²) in [6.45, 7) is 14.0. The van der Waals surface area contributed by atoms with Crippen molar-refractivity contribution < 1.29 is 14.3 Å². The van der Waals surface area contributed by atoms with Crippen LogP contribution in [0.5, 0.6) is 5.75 Å². The molecule has 1 aromatic carbocycles. The van der Waals surface area contributed by atoms with E-state index in [1.54, 1.807) is 17.3 Å². The van der Waals surface area contributed by atoms with Crippen molar-refractivity contribution in [3.63, 3.8) is 0 Å². The maximum atomic E-state index is 15.2. The normalized spacial score (nSPS) is 17.0. The van der Waals surface area contributed by atoms with Crippen molar-refractivity contribution in [2.75, 3.05) is 18.0 Å². The maximum Gasteiger partial charge on any atom is 0.355 e. The molecule has 4 aromatic heterocycles. The molecule has 1 aliphatic rings. The second-order valence-electron chi connectivity index (χ2n) is 12.1. The molecule has 5 heterocycles. The lowest BCUT2D eigenvalue weighted by molar-refractivity contribution is -0.128. The van der Waals surface area contributed by atoms with Crippen LogP contribution in [0.25, 0.3) is 39.1 Å². The fraction of sp³-hybridized carbons (Fsp3) is 0.333. The van der Waals surface area contributed by atoms with Crippen LogP contribution in [0.15, 0.2) is 48.0 Å². The van der Waals surface area contributed by atoms with E-state index in [0.717, 1.165) is 0 Å². The number of hydrogen-bond donors (Lipinski definition) is 1. The molecule has 0 aliphatic carbocycles. The van der Waals surface area contributed by atoms with Crippen molar-refractivity contribution in [1.29, 1.82) is 0 Å². The van der Waals surface area contributed by atoms with Crippen LogP contribution in [0, 0.1) is 12.7 Å². The molecule has 6 rings (SSSR count). The minimum absolute atomic E-state index is 0.0338. The zero-order valence-corrected chi connectivity index (χ0v) is 27.2. The van der Waals surface area contributed by atoms with E-state index in [1.165, 1.54) is 28.8 Å². The number of fused-ring (bicyclic) bond motifs is 2. The molecule has 1 N–H and O–H groups in total. The standard InChI is InChI=1S/C33H34ClFN8O3/c1-8-24(45)41-13-18(5)42(14-17(41)4)30-20-12-21(34)28(25-22(35)10-9-11-23(25)44)38-31(20)43(33(46)39-30)29-19(6)27-32(40(7)15-36-27)37-26(29)16(2)3/h8-12,15-18,44H,1,13-14H2,2-7H3/t17-,18+/m1/s1. The predicted octanol–water partition coefficient (Wildman–Crippen LogP) is 5.27. The number of pyridine rings is 2. The second-order valence-corrected chi connectivity index (χ2v) is 12.5. The number of aromatic nitrogens is 6. The first-order valence-electron chi connectivity index (χ1n) is 15.0. The lowest BCUT2D eigenvalue weighted by Crippen LogP contribution is -2.58. The molecule has 1 aliphatic heterocycles. The number of amides is 1. The summed E-state index contributed by atoms with van der Waals surface area (Å²) in [6, 6.07) is 5.07. The number of aromatic hydroxyl groups is 1. The van der Waals surface area contributed by atoms with Gasteiger partial charge in [0.15, 0.2) is 11.3 Å². The summed E-state index contributed by atoms with van der Waals surface area (Å²) in [5, 5.41) is 11.2. The summed E-state index contributed by atoms with van der Waals surface area (Å²) in [5.41, 5.74) is 2.35. The third-order valence-corrected chi connectivity index (χ3v) is 8.89. The summed E-state index contributed by atoms with van der Waals surface area (Å²) < 4.78 is 18.4. The highest BCUT2D eigenvalue weighted by Gasteiger charge is 2.34. The Kier molecular flexibility index (Phi) is 7.79. The number of benzene rings is 1. The van der Waals surface area contributed by atoms with E-state index in [1.807, 2.05) is 51.1 Å². The van der Waals surface area contributed by atoms with Crippen LogP contribution in [-0.2, 0) is 11.8 Å². The third kappa shape index (κ3) is 4.87. The van der Waals surface area contributed by atoms with Crippen LogP contribution in [-0.4, -0.2) is 70.2 Å². The summed E-state index contributed by atoms with van der Waals surface area (Å²) in [4.78, 5) is 49.5. The van der Waals surface area contributed by atoms with E-state index in [2.05, 4.69) is 16.5 Å². The molecule has 1 fully saturated rings. The van der Waals surface area contributed by atoms with Gasteiger partial charge in [0.05, 0.1) is 39.4 Å². The Hall–Kier alpha value is -4.84. The Labute approximate surface area is 269 Å². The van der Waals surface area contributed by atoms with Gasteiger partial charge < -0.3 is 19.5 Å². The fourth-order valence-corrected chi connectivity index (χ4v) is 6.52. The number of halogens is 2. The lowest BCUT2D eigenvalue weighted by atomic mass is 10.0. The predicted molar refractivity (Wildman–Crippen MR) is 176 cm³/mol. The number of nitrogens with zero attached hydrogens (tertiary/aromatic N) is 8. The average Bonchev–Trinajstić information content (AvgIpc) is 3.38. The van der Waals surface area contributed by atoms with Gasteiger partial charge in [0.25, 0.3) is 0 Å². The largest absolute Gasteiger partial charge is 0.507 e. The van der Waals surface area contributed by atoms with E-state index in [-0.39, 0.29) is 51.6 Å². The van der Waals surface area contributed by atoms with Gasteiger partial charge in [0, 0.05) is 37.8 Å². The molecular formula is C33H34ClFN8O3. The third-order valence-electron chi connectivity index (χ3n) is 8.60. The first-order chi connectivity index (χ1) is 21.8. The van der Waals surface area contributed by atoms with E-state index in [9.17, 15) is 14.7 Å². The molecule has 46 heavy (non-hydrogen) atoms. The number of imidazole rings is 1. The van der Waals surface area contributed by atoms with Crippen LogP contribution < -0.4 is 10.6 Å². The molecule has 0 saturated carbocycles. The van der Waals surface area contributed by atoms with E-state index < -0.39 is 11.5 Å². The molecule has 2 atom stereocenters. The van der Waals surface area contributed by atoms with Crippen molar-refractivity contribution in [1.82, 2.24) is 34.0 Å². The van der Waals surface area contributed by atoms with Gasteiger partial charge in [-0.25, -0.2) is 28.7 Å². The highest BCUT2D eigenvalue weighted by molar-refractivity contribution is 6.34. The van der Waals surface area contributed by atoms with E-state index in [4.69, 9.17) is 21.6 Å². The number of carbonyl (C=O) groups is 1. The number of phenolic OH excluding ortho intramolecular Hbond substituents is 1. The summed E-state index contributed by atoms with van der Waals surface area (Å²) in [6.07, 6.45) is 2.95. The molecule has 5 aromatic rings. The number of phenols is 1. The first kappa shape index (κ1) is 31.2. The molecule has 1 saturated heterocycles. The number of piperazine rings is 1. The topological polar surface area (TPSA) is 122 Å². The van der Waals surface area contributed by atoms with E-state index >= 15 is 4.39 Å². The molecule has 13 heteroatoms. The van der Waals surface area contributed by atoms with Gasteiger partial charge in [0.1, 0.15) is 22.9 Å². The van der Waals surface area contributed by atoms with Gasteiger partial charge in [-0.15, -0.1) is 0 Å². The van der Waals surface area contributed by atoms with Gasteiger partial charge in [-0.05, 0) is 51.0 Å². The van der Waals surface area contributed by atoms with Crippen molar-refractivity contribution in [3.05, 3.63) is 75.8 Å². The molecule has 0 unspecified atom stereocenters. The van der Waals surface area contributed by atoms with Crippen LogP contribution in [0.2, 0.25) is 5.02 Å². The Morgan fingerprint density at radius 3 is 2.57 bits per heavy atom. The average molecular weight is 645 g/mol. The quantitative estimate of drug-likeness (QED) is 0.257. The molecule has 0 bridgehead atoms. The van der Waals surface area contributed by atoms with Gasteiger partial charge in [-0.2, -0.15) is 4.98 Å². The molecular weight excluding hydrogens is 611 g/mol. The number of anilines is 1. The molecule has 1 amide bonds. The van der Waals surface area contributed by atoms with Crippen LogP contribution in [0.1, 0.15) is 44.9 Å². The number of aryl methyl sites for hydroxylation is 2. The van der Waals surface area contributed by atoms with Gasteiger partial charge in [0.2, 0.25) is 5.91 Å². The molecule has 238 valence electrons. The molecule has 0 spiro atoms. The Morgan fingerprint density at radius 2 is 1.89 bits per heavy atom. The number of rotatable bonds is 5. The summed E-state index contributed by atoms with van der Waals surface area (Å²) >= 11 is 6.81.